The summed E-state index contributed by atoms with van der Waals surface area (Å²) in [6.07, 6.45) is 9.02. The first-order chi connectivity index (χ1) is 10.3. The van der Waals surface area contributed by atoms with Crippen molar-refractivity contribution in [3.05, 3.63) is 35.2 Å². The molecule has 112 valence electrons. The Hall–Kier alpha value is -1.62. The third-order valence-electron chi connectivity index (χ3n) is 4.93. The molecule has 1 fully saturated rings. The SMILES string of the molecule is Cn1c([C@H]2CCCN2Cc2ccon2)nc2c1CCCC2. The Labute approximate surface area is 124 Å². The molecule has 0 bridgehead atoms. The molecule has 0 radical (unpaired) electrons. The van der Waals surface area contributed by atoms with E-state index in [1.54, 1.807) is 6.26 Å². The fraction of sp³-hybridized carbons (Fsp3) is 0.625. The minimum absolute atomic E-state index is 0.428. The van der Waals surface area contributed by atoms with Gasteiger partial charge in [-0.3, -0.25) is 4.90 Å². The lowest BCUT2D eigenvalue weighted by Gasteiger charge is -2.23. The van der Waals surface area contributed by atoms with Crippen molar-refractivity contribution in [1.82, 2.24) is 19.6 Å². The van der Waals surface area contributed by atoms with Crippen molar-refractivity contribution >= 4 is 0 Å². The second-order valence-corrected chi connectivity index (χ2v) is 6.25. The number of nitrogens with zero attached hydrogens (tertiary/aromatic N) is 4. The summed E-state index contributed by atoms with van der Waals surface area (Å²) in [5.41, 5.74) is 3.82. The van der Waals surface area contributed by atoms with E-state index in [1.807, 2.05) is 6.07 Å². The summed E-state index contributed by atoms with van der Waals surface area (Å²) in [5.74, 6) is 1.25. The zero-order valence-electron chi connectivity index (χ0n) is 12.6. The molecule has 5 nitrogen and oxygen atoms in total. The number of rotatable bonds is 3. The molecule has 4 rings (SSSR count). The topological polar surface area (TPSA) is 47.1 Å². The smallest absolute Gasteiger partial charge is 0.126 e. The molecule has 1 aliphatic carbocycles. The van der Waals surface area contributed by atoms with E-state index in [9.17, 15) is 0 Å². The Balaban J connectivity index is 1.61. The van der Waals surface area contributed by atoms with E-state index in [0.717, 1.165) is 25.2 Å². The Morgan fingerprint density at radius 3 is 3.00 bits per heavy atom. The molecular weight excluding hydrogens is 264 g/mol. The summed E-state index contributed by atoms with van der Waals surface area (Å²) >= 11 is 0. The molecule has 5 heteroatoms. The molecule has 0 aromatic carbocycles. The van der Waals surface area contributed by atoms with Gasteiger partial charge in [0.2, 0.25) is 0 Å². The number of likely N-dealkylation sites (tertiary alicyclic amines) is 1. The van der Waals surface area contributed by atoms with E-state index in [2.05, 4.69) is 21.7 Å². The molecule has 0 amide bonds. The van der Waals surface area contributed by atoms with Gasteiger partial charge in [-0.05, 0) is 45.1 Å². The van der Waals surface area contributed by atoms with Gasteiger partial charge in [0.15, 0.2) is 0 Å². The Morgan fingerprint density at radius 2 is 2.19 bits per heavy atom. The number of fused-ring (bicyclic) bond motifs is 1. The van der Waals surface area contributed by atoms with Crippen LogP contribution in [-0.4, -0.2) is 26.2 Å². The standard InChI is InChI=1S/C16H22N4O/c1-19-14-6-3-2-5-13(14)17-16(19)15-7-4-9-20(15)11-12-8-10-21-18-12/h8,10,15H,2-7,9,11H2,1H3/t15-/m1/s1. The maximum Gasteiger partial charge on any atom is 0.126 e. The van der Waals surface area contributed by atoms with Gasteiger partial charge >= 0.3 is 0 Å². The third-order valence-corrected chi connectivity index (χ3v) is 4.93. The highest BCUT2D eigenvalue weighted by molar-refractivity contribution is 5.22. The van der Waals surface area contributed by atoms with Crippen LogP contribution in [0.25, 0.3) is 0 Å². The van der Waals surface area contributed by atoms with Crippen molar-refractivity contribution in [3.8, 4) is 0 Å². The summed E-state index contributed by atoms with van der Waals surface area (Å²) in [6.45, 7) is 1.98. The lowest BCUT2D eigenvalue weighted by atomic mass is 10.0. The van der Waals surface area contributed by atoms with Gasteiger partial charge in [0.05, 0.1) is 17.4 Å². The van der Waals surface area contributed by atoms with Gasteiger partial charge in [0.1, 0.15) is 12.1 Å². The molecule has 0 saturated carbocycles. The maximum atomic E-state index is 4.99. The van der Waals surface area contributed by atoms with Crippen LogP contribution in [0.15, 0.2) is 16.9 Å². The maximum absolute atomic E-state index is 4.99. The highest BCUT2D eigenvalue weighted by atomic mass is 16.5. The summed E-state index contributed by atoms with van der Waals surface area (Å²) in [4.78, 5) is 7.48. The predicted octanol–water partition coefficient (Wildman–Crippen LogP) is 2.62. The van der Waals surface area contributed by atoms with Crippen LogP contribution >= 0.6 is 0 Å². The zero-order valence-corrected chi connectivity index (χ0v) is 12.6. The first-order valence-electron chi connectivity index (χ1n) is 8.00. The van der Waals surface area contributed by atoms with Crippen molar-refractivity contribution in [2.75, 3.05) is 6.54 Å². The quantitative estimate of drug-likeness (QED) is 0.870. The fourth-order valence-corrected chi connectivity index (χ4v) is 3.84. The number of aryl methyl sites for hydroxylation is 1. The molecular formula is C16H22N4O. The first kappa shape index (κ1) is 13.1. The van der Waals surface area contributed by atoms with Gasteiger partial charge in [-0.2, -0.15) is 0 Å². The van der Waals surface area contributed by atoms with Gasteiger partial charge in [-0.1, -0.05) is 5.16 Å². The van der Waals surface area contributed by atoms with Crippen molar-refractivity contribution in [2.24, 2.45) is 7.05 Å². The van der Waals surface area contributed by atoms with Crippen molar-refractivity contribution in [2.45, 2.75) is 51.1 Å². The second kappa shape index (κ2) is 5.30. The molecule has 2 aromatic rings. The molecule has 2 aromatic heterocycles. The number of hydrogen-bond acceptors (Lipinski definition) is 4. The van der Waals surface area contributed by atoms with E-state index in [0.29, 0.717) is 6.04 Å². The number of hydrogen-bond donors (Lipinski definition) is 0. The minimum atomic E-state index is 0.428. The first-order valence-corrected chi connectivity index (χ1v) is 8.00. The lowest BCUT2D eigenvalue weighted by molar-refractivity contribution is 0.229. The van der Waals surface area contributed by atoms with Crippen LogP contribution in [0.1, 0.15) is 54.6 Å². The zero-order chi connectivity index (χ0) is 14.2. The molecule has 0 spiro atoms. The number of aromatic nitrogens is 3. The number of imidazole rings is 1. The van der Waals surface area contributed by atoms with Gasteiger partial charge in [0, 0.05) is 25.4 Å². The summed E-state index contributed by atoms with van der Waals surface area (Å²) in [6, 6.07) is 2.39. The third kappa shape index (κ3) is 2.29. The van der Waals surface area contributed by atoms with E-state index < -0.39 is 0 Å². The average molecular weight is 286 g/mol. The minimum Gasteiger partial charge on any atom is -0.364 e. The van der Waals surface area contributed by atoms with Crippen LogP contribution in [0.5, 0.6) is 0 Å². The van der Waals surface area contributed by atoms with E-state index in [1.165, 1.54) is 49.3 Å². The largest absolute Gasteiger partial charge is 0.364 e. The lowest BCUT2D eigenvalue weighted by Crippen LogP contribution is -2.25. The molecule has 2 aliphatic rings. The predicted molar refractivity (Wildman–Crippen MR) is 78.7 cm³/mol. The van der Waals surface area contributed by atoms with Gasteiger partial charge in [-0.25, -0.2) is 4.98 Å². The second-order valence-electron chi connectivity index (χ2n) is 6.25. The molecule has 1 atom stereocenters. The molecule has 3 heterocycles. The molecule has 1 saturated heterocycles. The molecule has 21 heavy (non-hydrogen) atoms. The molecule has 1 aliphatic heterocycles. The summed E-state index contributed by atoms with van der Waals surface area (Å²) in [5, 5.41) is 4.05. The van der Waals surface area contributed by atoms with Crippen LogP contribution in [-0.2, 0) is 26.4 Å². The van der Waals surface area contributed by atoms with Crippen LogP contribution in [0.4, 0.5) is 0 Å². The van der Waals surface area contributed by atoms with Gasteiger partial charge < -0.3 is 9.09 Å². The van der Waals surface area contributed by atoms with Crippen molar-refractivity contribution < 1.29 is 4.52 Å². The van der Waals surface area contributed by atoms with Crippen LogP contribution < -0.4 is 0 Å². The summed E-state index contributed by atoms with van der Waals surface area (Å²) in [7, 11) is 2.19. The Morgan fingerprint density at radius 1 is 1.29 bits per heavy atom. The van der Waals surface area contributed by atoms with Crippen LogP contribution in [0.2, 0.25) is 0 Å². The van der Waals surface area contributed by atoms with Crippen LogP contribution in [0, 0.1) is 0 Å². The van der Waals surface area contributed by atoms with Crippen molar-refractivity contribution in [1.29, 1.82) is 0 Å². The molecule has 0 unspecified atom stereocenters. The highest BCUT2D eigenvalue weighted by Crippen LogP contribution is 2.34. The van der Waals surface area contributed by atoms with E-state index in [4.69, 9.17) is 9.51 Å². The normalized spacial score (nSPS) is 22.6. The monoisotopic (exact) mass is 286 g/mol. The van der Waals surface area contributed by atoms with Crippen molar-refractivity contribution in [3.63, 3.8) is 0 Å². The van der Waals surface area contributed by atoms with Crippen LogP contribution in [0.3, 0.4) is 0 Å². The average Bonchev–Trinajstić information content (AvgIpc) is 3.21. The Kier molecular flexibility index (Phi) is 3.30. The van der Waals surface area contributed by atoms with Gasteiger partial charge in [-0.15, -0.1) is 0 Å². The summed E-state index contributed by atoms with van der Waals surface area (Å²) < 4.78 is 7.32. The van der Waals surface area contributed by atoms with E-state index >= 15 is 0 Å². The fourth-order valence-electron chi connectivity index (χ4n) is 3.84. The van der Waals surface area contributed by atoms with E-state index in [-0.39, 0.29) is 0 Å². The molecule has 0 N–H and O–H groups in total. The van der Waals surface area contributed by atoms with Gasteiger partial charge in [0.25, 0.3) is 0 Å². The Bertz CT molecular complexity index is 617. The highest BCUT2D eigenvalue weighted by Gasteiger charge is 2.31.